The number of halogens is 1. The molecule has 0 aliphatic carbocycles. The maximum absolute atomic E-state index is 12.6. The summed E-state index contributed by atoms with van der Waals surface area (Å²) in [5, 5.41) is 3.32. The molecule has 1 N–H and O–H groups in total. The van der Waals surface area contributed by atoms with Gasteiger partial charge in [0, 0.05) is 66.3 Å². The Kier molecular flexibility index (Phi) is 11.1. The van der Waals surface area contributed by atoms with Crippen LogP contribution < -0.4 is 5.32 Å². The highest BCUT2D eigenvalue weighted by atomic mass is 127. The van der Waals surface area contributed by atoms with E-state index in [4.69, 9.17) is 0 Å². The van der Waals surface area contributed by atoms with Crippen molar-refractivity contribution in [1.29, 1.82) is 0 Å². The van der Waals surface area contributed by atoms with Crippen LogP contribution in [0.1, 0.15) is 33.1 Å². The molecule has 2 aliphatic rings. The Morgan fingerprint density at radius 1 is 1.04 bits per heavy atom. The molecule has 0 bridgehead atoms. The average Bonchev–Trinajstić information content (AvgIpc) is 3.21. The molecule has 8 nitrogen and oxygen atoms in total. The lowest BCUT2D eigenvalue weighted by molar-refractivity contribution is -0.135. The van der Waals surface area contributed by atoms with Crippen molar-refractivity contribution >= 4 is 41.8 Å². The molecule has 0 aromatic heterocycles. The van der Waals surface area contributed by atoms with E-state index in [1.807, 2.05) is 18.7 Å². The first-order valence-corrected chi connectivity index (χ1v) is 10.2. The molecule has 28 heavy (non-hydrogen) atoms. The van der Waals surface area contributed by atoms with Crippen molar-refractivity contribution in [2.75, 3.05) is 66.5 Å². The van der Waals surface area contributed by atoms with Gasteiger partial charge in [0.2, 0.25) is 11.8 Å². The van der Waals surface area contributed by atoms with Crippen molar-refractivity contribution in [2.24, 2.45) is 4.99 Å². The average molecular weight is 508 g/mol. The van der Waals surface area contributed by atoms with Gasteiger partial charge in [-0.05, 0) is 26.7 Å². The third kappa shape index (κ3) is 7.06. The van der Waals surface area contributed by atoms with Crippen LogP contribution in [0.3, 0.4) is 0 Å². The number of likely N-dealkylation sites (tertiary alicyclic amines) is 1. The number of rotatable bonds is 6. The number of guanidine groups is 1. The zero-order valence-electron chi connectivity index (χ0n) is 17.8. The summed E-state index contributed by atoms with van der Waals surface area (Å²) in [6.07, 6.45) is 2.68. The topological polar surface area (TPSA) is 71.5 Å². The highest BCUT2D eigenvalue weighted by molar-refractivity contribution is 14.0. The van der Waals surface area contributed by atoms with Gasteiger partial charge in [-0.3, -0.25) is 19.5 Å². The zero-order valence-corrected chi connectivity index (χ0v) is 20.1. The highest BCUT2D eigenvalue weighted by Gasteiger charge is 2.30. The first kappa shape index (κ1) is 24.9. The molecule has 0 saturated carbocycles. The molecule has 0 spiro atoms. The number of hydrogen-bond acceptors (Lipinski definition) is 4. The molecule has 1 atom stereocenters. The summed E-state index contributed by atoms with van der Waals surface area (Å²) in [7, 11) is 3.53. The first-order chi connectivity index (χ1) is 12.9. The van der Waals surface area contributed by atoms with E-state index < -0.39 is 0 Å². The van der Waals surface area contributed by atoms with Crippen molar-refractivity contribution in [3.05, 3.63) is 0 Å². The number of hydrogen-bond donors (Lipinski definition) is 1. The molecule has 2 amide bonds. The van der Waals surface area contributed by atoms with Crippen LogP contribution in [0.5, 0.6) is 0 Å². The van der Waals surface area contributed by atoms with E-state index >= 15 is 0 Å². The van der Waals surface area contributed by atoms with E-state index in [1.165, 1.54) is 0 Å². The molecule has 0 aromatic rings. The van der Waals surface area contributed by atoms with E-state index in [2.05, 4.69) is 20.1 Å². The maximum atomic E-state index is 12.6. The third-order valence-corrected chi connectivity index (χ3v) is 5.36. The van der Waals surface area contributed by atoms with Crippen molar-refractivity contribution in [3.8, 4) is 0 Å². The molecule has 2 rings (SSSR count). The van der Waals surface area contributed by atoms with Crippen LogP contribution in [0.2, 0.25) is 0 Å². The Bertz CT molecular complexity index is 529. The number of aliphatic imine (C=N–C) groups is 1. The minimum Gasteiger partial charge on any atom is -0.357 e. The number of carbonyl (C=O) groups excluding carboxylic acids is 2. The second kappa shape index (κ2) is 12.5. The van der Waals surface area contributed by atoms with Crippen LogP contribution in [0.25, 0.3) is 0 Å². The monoisotopic (exact) mass is 508 g/mol. The van der Waals surface area contributed by atoms with Crippen molar-refractivity contribution in [2.45, 2.75) is 39.2 Å². The Morgan fingerprint density at radius 3 is 2.18 bits per heavy atom. The largest absolute Gasteiger partial charge is 0.357 e. The molecule has 2 fully saturated rings. The molecule has 1 unspecified atom stereocenters. The van der Waals surface area contributed by atoms with E-state index in [9.17, 15) is 9.59 Å². The summed E-state index contributed by atoms with van der Waals surface area (Å²) in [6.45, 7) is 10.6. The lowest BCUT2D eigenvalue weighted by Crippen LogP contribution is -2.57. The van der Waals surface area contributed by atoms with Gasteiger partial charge in [0.1, 0.15) is 0 Å². The smallest absolute Gasteiger partial charge is 0.239 e. The molecule has 0 radical (unpaired) electrons. The van der Waals surface area contributed by atoms with E-state index in [1.54, 1.807) is 19.0 Å². The van der Waals surface area contributed by atoms with Gasteiger partial charge in [0.15, 0.2) is 5.96 Å². The molecule has 2 saturated heterocycles. The Morgan fingerprint density at radius 2 is 1.64 bits per heavy atom. The molecule has 2 aliphatic heterocycles. The number of nitrogens with one attached hydrogen (secondary N) is 1. The lowest BCUT2D eigenvalue weighted by Gasteiger charge is -2.39. The summed E-state index contributed by atoms with van der Waals surface area (Å²) in [6, 6.07) is -0.0533. The summed E-state index contributed by atoms with van der Waals surface area (Å²) in [5.74, 6) is 1.22. The van der Waals surface area contributed by atoms with Gasteiger partial charge in [-0.2, -0.15) is 0 Å². The summed E-state index contributed by atoms with van der Waals surface area (Å²) < 4.78 is 0. The molecular formula is C19H37IN6O2. The van der Waals surface area contributed by atoms with Gasteiger partial charge in [0.25, 0.3) is 0 Å². The number of amides is 2. The summed E-state index contributed by atoms with van der Waals surface area (Å²) in [4.78, 5) is 37.1. The van der Waals surface area contributed by atoms with Crippen molar-refractivity contribution < 1.29 is 9.59 Å². The fourth-order valence-corrected chi connectivity index (χ4v) is 3.59. The minimum absolute atomic E-state index is 0. The predicted molar refractivity (Wildman–Crippen MR) is 123 cm³/mol. The number of carbonyl (C=O) groups is 2. The van der Waals surface area contributed by atoms with Crippen molar-refractivity contribution in [3.63, 3.8) is 0 Å². The fraction of sp³-hybridized carbons (Fsp3) is 0.842. The predicted octanol–water partition coefficient (Wildman–Crippen LogP) is 0.677. The third-order valence-electron chi connectivity index (χ3n) is 5.36. The minimum atomic E-state index is -0.0533. The Hall–Kier alpha value is -1.10. The SMILES string of the molecule is CCNC(=NCCC(=O)N(C)C)N1CCN(C(C)C(=O)N2CCCC2)CC1.I. The molecular weight excluding hydrogens is 471 g/mol. The standard InChI is InChI=1S/C19H36N6O2.HI/c1-5-20-19(21-9-8-17(26)22(3)4)25-14-12-23(13-15-25)16(2)18(27)24-10-6-7-11-24;/h16H,5-15H2,1-4H3,(H,20,21);1H. The van der Waals surface area contributed by atoms with Gasteiger partial charge in [-0.15, -0.1) is 24.0 Å². The molecule has 0 aromatic carbocycles. The summed E-state index contributed by atoms with van der Waals surface area (Å²) >= 11 is 0. The van der Waals surface area contributed by atoms with Gasteiger partial charge in [-0.1, -0.05) is 0 Å². The number of piperazine rings is 1. The van der Waals surface area contributed by atoms with Crippen LogP contribution in [-0.4, -0.2) is 110 Å². The van der Waals surface area contributed by atoms with Gasteiger partial charge >= 0.3 is 0 Å². The Labute approximate surface area is 186 Å². The molecule has 9 heteroatoms. The van der Waals surface area contributed by atoms with Crippen LogP contribution in [0.15, 0.2) is 4.99 Å². The highest BCUT2D eigenvalue weighted by Crippen LogP contribution is 2.14. The van der Waals surface area contributed by atoms with Crippen LogP contribution in [0, 0.1) is 0 Å². The van der Waals surface area contributed by atoms with Crippen LogP contribution >= 0.6 is 24.0 Å². The van der Waals surface area contributed by atoms with E-state index in [0.717, 1.165) is 64.6 Å². The van der Waals surface area contributed by atoms with Crippen molar-refractivity contribution in [1.82, 2.24) is 24.9 Å². The van der Waals surface area contributed by atoms with Crippen LogP contribution in [-0.2, 0) is 9.59 Å². The second-order valence-corrected chi connectivity index (χ2v) is 7.51. The first-order valence-electron chi connectivity index (χ1n) is 10.2. The second-order valence-electron chi connectivity index (χ2n) is 7.51. The number of nitrogens with zero attached hydrogens (tertiary/aromatic N) is 5. The van der Waals surface area contributed by atoms with Gasteiger partial charge in [-0.25, -0.2) is 0 Å². The Balaban J connectivity index is 0.00000392. The normalized spacial score (nSPS) is 19.2. The lowest BCUT2D eigenvalue weighted by atomic mass is 10.2. The van der Waals surface area contributed by atoms with E-state index in [0.29, 0.717) is 13.0 Å². The van der Waals surface area contributed by atoms with Gasteiger partial charge in [0.05, 0.1) is 12.6 Å². The van der Waals surface area contributed by atoms with E-state index in [-0.39, 0.29) is 41.8 Å². The quantitative estimate of drug-likeness (QED) is 0.325. The summed E-state index contributed by atoms with van der Waals surface area (Å²) in [5.41, 5.74) is 0. The van der Waals surface area contributed by atoms with Crippen LogP contribution in [0.4, 0.5) is 0 Å². The molecule has 162 valence electrons. The zero-order chi connectivity index (χ0) is 19.8. The molecule has 2 heterocycles. The van der Waals surface area contributed by atoms with Gasteiger partial charge < -0.3 is 20.0 Å². The fourth-order valence-electron chi connectivity index (χ4n) is 3.59. The maximum Gasteiger partial charge on any atom is 0.239 e.